The second-order valence-electron chi connectivity index (χ2n) is 4.36. The van der Waals surface area contributed by atoms with Crippen molar-refractivity contribution in [2.75, 3.05) is 0 Å². The number of hydrogen-bond acceptors (Lipinski definition) is 2. The molecule has 1 nitrogen and oxygen atoms in total. The van der Waals surface area contributed by atoms with Crippen LogP contribution in [0.15, 0.2) is 35.9 Å². The Morgan fingerprint density at radius 1 is 1.33 bits per heavy atom. The Labute approximate surface area is 96.3 Å². The third-order valence-corrected chi connectivity index (χ3v) is 2.89. The van der Waals surface area contributed by atoms with Gasteiger partial charge in [-0.15, -0.1) is 0 Å². The van der Waals surface area contributed by atoms with Crippen LogP contribution < -0.4 is 0 Å². The van der Waals surface area contributed by atoms with E-state index < -0.39 is 0 Å². The Balaban J connectivity index is 3.18. The van der Waals surface area contributed by atoms with Crippen LogP contribution in [0.1, 0.15) is 31.9 Å². The van der Waals surface area contributed by atoms with Gasteiger partial charge in [0.25, 0.3) is 0 Å². The molecular weight excluding hydrogens is 202 g/mol. The van der Waals surface area contributed by atoms with Gasteiger partial charge in [-0.05, 0) is 22.5 Å². The van der Waals surface area contributed by atoms with E-state index >= 15 is 0 Å². The minimum Gasteiger partial charge on any atom is -0.249 e. The second-order valence-corrected chi connectivity index (χ2v) is 5.31. The quantitative estimate of drug-likeness (QED) is 0.705. The summed E-state index contributed by atoms with van der Waals surface area (Å²) in [6.07, 6.45) is 3.77. The fourth-order valence-electron chi connectivity index (χ4n) is 1.20. The molecule has 0 radical (unpaired) electrons. The molecule has 0 aromatic carbocycles. The van der Waals surface area contributed by atoms with Gasteiger partial charge in [0.05, 0.1) is 0 Å². The van der Waals surface area contributed by atoms with Crippen LogP contribution in [0.5, 0.6) is 0 Å². The standard InChI is InChI=1S/C13H17NS/c1-6-10-8-11(13(3,4)5)9-14-12(10)15-7-2/h6-9H,1-2H2,3-5H3. The lowest BCUT2D eigenvalue weighted by atomic mass is 9.88. The lowest BCUT2D eigenvalue weighted by Crippen LogP contribution is -2.11. The van der Waals surface area contributed by atoms with E-state index in [-0.39, 0.29) is 5.41 Å². The van der Waals surface area contributed by atoms with Gasteiger partial charge in [-0.25, -0.2) is 4.98 Å². The first-order chi connectivity index (χ1) is 6.99. The Morgan fingerprint density at radius 2 is 2.00 bits per heavy atom. The molecule has 1 aromatic heterocycles. The van der Waals surface area contributed by atoms with E-state index in [0.717, 1.165) is 10.6 Å². The molecule has 2 heteroatoms. The molecule has 0 fully saturated rings. The van der Waals surface area contributed by atoms with Crippen LogP contribution in [0.3, 0.4) is 0 Å². The van der Waals surface area contributed by atoms with E-state index in [2.05, 4.69) is 45.0 Å². The Bertz CT molecular complexity index is 375. The van der Waals surface area contributed by atoms with Crippen molar-refractivity contribution >= 4 is 17.8 Å². The summed E-state index contributed by atoms with van der Waals surface area (Å²) in [5, 5.41) is 2.75. The lowest BCUT2D eigenvalue weighted by Gasteiger charge is -2.19. The molecular formula is C13H17NS. The summed E-state index contributed by atoms with van der Waals surface area (Å²) >= 11 is 1.53. The maximum atomic E-state index is 4.43. The molecule has 0 saturated carbocycles. The molecule has 0 aliphatic heterocycles. The normalized spacial score (nSPS) is 11.1. The highest BCUT2D eigenvalue weighted by Gasteiger charge is 2.15. The van der Waals surface area contributed by atoms with Gasteiger partial charge >= 0.3 is 0 Å². The molecule has 0 atom stereocenters. The predicted octanol–water partition coefficient (Wildman–Crippen LogP) is 4.26. The summed E-state index contributed by atoms with van der Waals surface area (Å²) in [5.41, 5.74) is 2.43. The summed E-state index contributed by atoms with van der Waals surface area (Å²) < 4.78 is 0. The largest absolute Gasteiger partial charge is 0.249 e. The van der Waals surface area contributed by atoms with Gasteiger partial charge < -0.3 is 0 Å². The summed E-state index contributed by atoms with van der Waals surface area (Å²) in [7, 11) is 0. The van der Waals surface area contributed by atoms with Crippen molar-refractivity contribution in [1.82, 2.24) is 4.98 Å². The minimum atomic E-state index is 0.127. The number of hydrogen-bond donors (Lipinski definition) is 0. The number of thioether (sulfide) groups is 1. The van der Waals surface area contributed by atoms with Crippen LogP contribution in [-0.4, -0.2) is 4.98 Å². The minimum absolute atomic E-state index is 0.127. The number of pyridine rings is 1. The molecule has 1 aromatic rings. The van der Waals surface area contributed by atoms with E-state index in [1.54, 1.807) is 5.41 Å². The first-order valence-electron chi connectivity index (χ1n) is 4.89. The van der Waals surface area contributed by atoms with Gasteiger partial charge in [0.2, 0.25) is 0 Å². The zero-order chi connectivity index (χ0) is 11.5. The van der Waals surface area contributed by atoms with Gasteiger partial charge in [0.1, 0.15) is 5.03 Å². The number of aromatic nitrogens is 1. The van der Waals surface area contributed by atoms with Crippen LogP contribution in [0.4, 0.5) is 0 Å². The molecule has 0 aliphatic rings. The van der Waals surface area contributed by atoms with Crippen LogP contribution in [0.25, 0.3) is 6.08 Å². The highest BCUT2D eigenvalue weighted by Crippen LogP contribution is 2.27. The maximum Gasteiger partial charge on any atom is 0.107 e. The van der Waals surface area contributed by atoms with Crippen molar-refractivity contribution in [3.05, 3.63) is 42.0 Å². The van der Waals surface area contributed by atoms with Gasteiger partial charge in [0, 0.05) is 11.8 Å². The van der Waals surface area contributed by atoms with Crippen molar-refractivity contribution in [2.24, 2.45) is 0 Å². The average molecular weight is 219 g/mol. The fraction of sp³-hybridized carbons (Fsp3) is 0.308. The molecule has 0 aliphatic carbocycles. The Morgan fingerprint density at radius 3 is 2.47 bits per heavy atom. The van der Waals surface area contributed by atoms with Crippen molar-refractivity contribution in [3.63, 3.8) is 0 Å². The predicted molar refractivity (Wildman–Crippen MR) is 69.1 cm³/mol. The molecule has 1 rings (SSSR count). The molecule has 0 amide bonds. The van der Waals surface area contributed by atoms with Gasteiger partial charge in [-0.3, -0.25) is 0 Å². The van der Waals surface area contributed by atoms with Crippen LogP contribution in [0, 0.1) is 0 Å². The lowest BCUT2D eigenvalue weighted by molar-refractivity contribution is 0.585. The molecule has 0 bridgehead atoms. The SMILES string of the molecule is C=CSc1ncc(C(C)(C)C)cc1C=C. The molecule has 0 spiro atoms. The summed E-state index contributed by atoms with van der Waals surface area (Å²) in [4.78, 5) is 4.43. The van der Waals surface area contributed by atoms with Crippen molar-refractivity contribution in [2.45, 2.75) is 31.2 Å². The van der Waals surface area contributed by atoms with Crippen molar-refractivity contribution in [3.8, 4) is 0 Å². The number of rotatable bonds is 3. The molecule has 0 saturated heterocycles. The molecule has 80 valence electrons. The first kappa shape index (κ1) is 12.1. The third kappa shape index (κ3) is 2.96. The molecule has 0 N–H and O–H groups in total. The van der Waals surface area contributed by atoms with Crippen LogP contribution in [-0.2, 0) is 5.41 Å². The molecule has 15 heavy (non-hydrogen) atoms. The van der Waals surface area contributed by atoms with E-state index in [0.29, 0.717) is 0 Å². The third-order valence-electron chi connectivity index (χ3n) is 2.16. The summed E-state index contributed by atoms with van der Waals surface area (Å²) in [6.45, 7) is 14.0. The van der Waals surface area contributed by atoms with E-state index in [4.69, 9.17) is 0 Å². The van der Waals surface area contributed by atoms with Gasteiger partial charge in [-0.2, -0.15) is 0 Å². The number of nitrogens with zero attached hydrogens (tertiary/aromatic N) is 1. The highest BCUT2D eigenvalue weighted by molar-refractivity contribution is 8.02. The monoisotopic (exact) mass is 219 g/mol. The van der Waals surface area contributed by atoms with E-state index in [1.165, 1.54) is 17.3 Å². The van der Waals surface area contributed by atoms with Crippen LogP contribution >= 0.6 is 11.8 Å². The smallest absolute Gasteiger partial charge is 0.107 e. The van der Waals surface area contributed by atoms with E-state index in [9.17, 15) is 0 Å². The zero-order valence-electron chi connectivity index (χ0n) is 9.58. The average Bonchev–Trinajstić information content (AvgIpc) is 2.17. The Kier molecular flexibility index (Phi) is 3.75. The maximum absolute atomic E-state index is 4.43. The van der Waals surface area contributed by atoms with Gasteiger partial charge in [-0.1, -0.05) is 51.8 Å². The van der Waals surface area contributed by atoms with Crippen LogP contribution in [0.2, 0.25) is 0 Å². The first-order valence-corrected chi connectivity index (χ1v) is 5.77. The van der Waals surface area contributed by atoms with Crippen molar-refractivity contribution in [1.29, 1.82) is 0 Å². The van der Waals surface area contributed by atoms with E-state index in [1.807, 2.05) is 12.3 Å². The fourth-order valence-corrected chi connectivity index (χ4v) is 1.75. The Hall–Kier alpha value is -1.02. The zero-order valence-corrected chi connectivity index (χ0v) is 10.4. The van der Waals surface area contributed by atoms with Crippen molar-refractivity contribution < 1.29 is 0 Å². The molecule has 0 unspecified atom stereocenters. The highest BCUT2D eigenvalue weighted by atomic mass is 32.2. The summed E-state index contributed by atoms with van der Waals surface area (Å²) in [5.74, 6) is 0. The van der Waals surface area contributed by atoms with Gasteiger partial charge in [0.15, 0.2) is 0 Å². The summed E-state index contributed by atoms with van der Waals surface area (Å²) in [6, 6.07) is 2.14. The topological polar surface area (TPSA) is 12.9 Å². The molecule has 1 heterocycles. The second kappa shape index (κ2) is 4.67.